The van der Waals surface area contributed by atoms with Crippen molar-refractivity contribution in [3.8, 4) is 0 Å². The van der Waals surface area contributed by atoms with E-state index in [-0.39, 0.29) is 0 Å². The lowest BCUT2D eigenvalue weighted by Gasteiger charge is -2.38. The summed E-state index contributed by atoms with van der Waals surface area (Å²) in [6, 6.07) is 10.9. The van der Waals surface area contributed by atoms with E-state index in [1.165, 1.54) is 30.5 Å². The second-order valence-corrected chi connectivity index (χ2v) is 5.63. The first-order valence-electron chi connectivity index (χ1n) is 6.85. The SMILES string of the molecule is CC1CCC(N2c3ccccc3CC2C)CN1. The molecule has 0 bridgehead atoms. The summed E-state index contributed by atoms with van der Waals surface area (Å²) in [6.07, 6.45) is 3.84. The summed E-state index contributed by atoms with van der Waals surface area (Å²) in [6.45, 7) is 5.79. The van der Waals surface area contributed by atoms with Crippen molar-refractivity contribution in [1.29, 1.82) is 0 Å². The molecule has 0 saturated carbocycles. The molecule has 1 aromatic rings. The predicted molar refractivity (Wildman–Crippen MR) is 72.6 cm³/mol. The predicted octanol–water partition coefficient (Wildman–Crippen LogP) is 2.58. The highest BCUT2D eigenvalue weighted by Gasteiger charge is 2.32. The van der Waals surface area contributed by atoms with E-state index in [0.29, 0.717) is 18.1 Å². The van der Waals surface area contributed by atoms with Crippen LogP contribution in [0.1, 0.15) is 32.3 Å². The molecule has 0 aliphatic carbocycles. The van der Waals surface area contributed by atoms with Crippen LogP contribution < -0.4 is 10.2 Å². The van der Waals surface area contributed by atoms with Crippen LogP contribution in [-0.4, -0.2) is 24.7 Å². The van der Waals surface area contributed by atoms with Crippen LogP contribution in [0.2, 0.25) is 0 Å². The molecule has 3 atom stereocenters. The maximum absolute atomic E-state index is 3.62. The third kappa shape index (κ3) is 1.95. The average Bonchev–Trinajstić information content (AvgIpc) is 2.66. The molecule has 0 aromatic heterocycles. The minimum Gasteiger partial charge on any atom is -0.364 e. The molecule has 1 fully saturated rings. The van der Waals surface area contributed by atoms with Gasteiger partial charge in [0.2, 0.25) is 0 Å². The molecule has 2 aliphatic heterocycles. The fourth-order valence-electron chi connectivity index (χ4n) is 3.37. The number of hydrogen-bond acceptors (Lipinski definition) is 2. The van der Waals surface area contributed by atoms with Crippen molar-refractivity contribution in [3.05, 3.63) is 29.8 Å². The van der Waals surface area contributed by atoms with E-state index in [1.54, 1.807) is 0 Å². The smallest absolute Gasteiger partial charge is 0.0418 e. The zero-order chi connectivity index (χ0) is 11.8. The monoisotopic (exact) mass is 230 g/mol. The third-order valence-corrected chi connectivity index (χ3v) is 4.29. The van der Waals surface area contributed by atoms with Gasteiger partial charge in [0.25, 0.3) is 0 Å². The first-order valence-corrected chi connectivity index (χ1v) is 6.85. The number of rotatable bonds is 1. The molecule has 2 heterocycles. The zero-order valence-corrected chi connectivity index (χ0v) is 10.8. The lowest BCUT2D eigenvalue weighted by molar-refractivity contribution is 0.359. The molecule has 3 rings (SSSR count). The third-order valence-electron chi connectivity index (χ3n) is 4.29. The first kappa shape index (κ1) is 11.1. The van der Waals surface area contributed by atoms with Crippen molar-refractivity contribution in [2.45, 2.75) is 51.2 Å². The summed E-state index contributed by atoms with van der Waals surface area (Å²) < 4.78 is 0. The quantitative estimate of drug-likeness (QED) is 0.797. The van der Waals surface area contributed by atoms with Crippen LogP contribution in [-0.2, 0) is 6.42 Å². The molecule has 1 aromatic carbocycles. The number of nitrogens with one attached hydrogen (secondary N) is 1. The topological polar surface area (TPSA) is 15.3 Å². The standard InChI is InChI=1S/C15H22N2/c1-11-7-8-14(10-16-11)17-12(2)9-13-5-3-4-6-15(13)17/h3-6,11-12,14,16H,7-10H2,1-2H3. The molecule has 17 heavy (non-hydrogen) atoms. The van der Waals surface area contributed by atoms with Crippen LogP contribution in [0, 0.1) is 0 Å². The van der Waals surface area contributed by atoms with Crippen molar-refractivity contribution >= 4 is 5.69 Å². The zero-order valence-electron chi connectivity index (χ0n) is 10.8. The van der Waals surface area contributed by atoms with Crippen LogP contribution in [0.4, 0.5) is 5.69 Å². The number of piperidine rings is 1. The van der Waals surface area contributed by atoms with E-state index in [9.17, 15) is 0 Å². The number of para-hydroxylation sites is 1. The van der Waals surface area contributed by atoms with Crippen molar-refractivity contribution in [1.82, 2.24) is 5.32 Å². The summed E-state index contributed by atoms with van der Waals surface area (Å²) in [5.74, 6) is 0. The van der Waals surface area contributed by atoms with E-state index in [4.69, 9.17) is 0 Å². The number of nitrogens with zero attached hydrogens (tertiary/aromatic N) is 1. The van der Waals surface area contributed by atoms with Gasteiger partial charge in [-0.15, -0.1) is 0 Å². The molecule has 2 nitrogen and oxygen atoms in total. The Hall–Kier alpha value is -1.02. The molecule has 1 saturated heterocycles. The summed E-state index contributed by atoms with van der Waals surface area (Å²) in [5, 5.41) is 3.62. The van der Waals surface area contributed by atoms with E-state index in [0.717, 1.165) is 6.54 Å². The molecular formula is C15H22N2. The van der Waals surface area contributed by atoms with Gasteiger partial charge < -0.3 is 10.2 Å². The Balaban J connectivity index is 1.83. The Kier molecular flexibility index (Phi) is 2.83. The average molecular weight is 230 g/mol. The minimum atomic E-state index is 0.660. The summed E-state index contributed by atoms with van der Waals surface area (Å²) in [4.78, 5) is 2.65. The van der Waals surface area contributed by atoms with Gasteiger partial charge in [-0.3, -0.25) is 0 Å². The molecule has 92 valence electrons. The maximum Gasteiger partial charge on any atom is 0.0418 e. The van der Waals surface area contributed by atoms with Gasteiger partial charge >= 0.3 is 0 Å². The fourth-order valence-corrected chi connectivity index (χ4v) is 3.37. The Bertz CT molecular complexity index is 394. The van der Waals surface area contributed by atoms with Crippen molar-refractivity contribution in [2.24, 2.45) is 0 Å². The number of fused-ring (bicyclic) bond motifs is 1. The van der Waals surface area contributed by atoms with Gasteiger partial charge in [0, 0.05) is 30.4 Å². The van der Waals surface area contributed by atoms with Gasteiger partial charge in [-0.25, -0.2) is 0 Å². The van der Waals surface area contributed by atoms with Gasteiger partial charge in [-0.05, 0) is 44.7 Å². The fraction of sp³-hybridized carbons (Fsp3) is 0.600. The summed E-state index contributed by atoms with van der Waals surface area (Å²) >= 11 is 0. The highest BCUT2D eigenvalue weighted by atomic mass is 15.2. The molecule has 2 heteroatoms. The lowest BCUT2D eigenvalue weighted by atomic mass is 10.00. The highest BCUT2D eigenvalue weighted by molar-refractivity contribution is 5.60. The van der Waals surface area contributed by atoms with Crippen molar-refractivity contribution in [2.75, 3.05) is 11.4 Å². The molecule has 2 aliphatic rings. The van der Waals surface area contributed by atoms with Crippen molar-refractivity contribution in [3.63, 3.8) is 0 Å². The molecular weight excluding hydrogens is 208 g/mol. The van der Waals surface area contributed by atoms with Gasteiger partial charge in [-0.1, -0.05) is 18.2 Å². The maximum atomic E-state index is 3.62. The van der Waals surface area contributed by atoms with Crippen LogP contribution in [0.15, 0.2) is 24.3 Å². The normalized spacial score (nSPS) is 32.6. The van der Waals surface area contributed by atoms with Gasteiger partial charge in [-0.2, -0.15) is 0 Å². The Morgan fingerprint density at radius 3 is 2.76 bits per heavy atom. The first-order chi connectivity index (χ1) is 8.25. The second kappa shape index (κ2) is 4.34. The largest absolute Gasteiger partial charge is 0.364 e. The van der Waals surface area contributed by atoms with E-state index >= 15 is 0 Å². The molecule has 1 N–H and O–H groups in total. The molecule has 0 spiro atoms. The summed E-state index contributed by atoms with van der Waals surface area (Å²) in [7, 11) is 0. The number of anilines is 1. The van der Waals surface area contributed by atoms with E-state index < -0.39 is 0 Å². The van der Waals surface area contributed by atoms with Gasteiger partial charge in [0.05, 0.1) is 0 Å². The Morgan fingerprint density at radius 2 is 2.00 bits per heavy atom. The highest BCUT2D eigenvalue weighted by Crippen LogP contribution is 2.35. The molecule has 0 amide bonds. The van der Waals surface area contributed by atoms with Gasteiger partial charge in [0.1, 0.15) is 0 Å². The van der Waals surface area contributed by atoms with Crippen molar-refractivity contribution < 1.29 is 0 Å². The Morgan fingerprint density at radius 1 is 1.18 bits per heavy atom. The number of hydrogen-bond donors (Lipinski definition) is 1. The van der Waals surface area contributed by atoms with Crippen LogP contribution in [0.5, 0.6) is 0 Å². The second-order valence-electron chi connectivity index (χ2n) is 5.63. The molecule has 3 unspecified atom stereocenters. The van der Waals surface area contributed by atoms with Crippen LogP contribution in [0.25, 0.3) is 0 Å². The van der Waals surface area contributed by atoms with Gasteiger partial charge in [0.15, 0.2) is 0 Å². The van der Waals surface area contributed by atoms with E-state index in [2.05, 4.69) is 48.3 Å². The Labute approximate surface area is 104 Å². The van der Waals surface area contributed by atoms with E-state index in [1.807, 2.05) is 0 Å². The lowest BCUT2D eigenvalue weighted by Crippen LogP contribution is -2.50. The number of benzene rings is 1. The molecule has 0 radical (unpaired) electrons. The van der Waals surface area contributed by atoms with Crippen LogP contribution >= 0.6 is 0 Å². The summed E-state index contributed by atoms with van der Waals surface area (Å²) in [5.41, 5.74) is 3.00. The van der Waals surface area contributed by atoms with Crippen LogP contribution in [0.3, 0.4) is 0 Å². The minimum absolute atomic E-state index is 0.660.